The number of ether oxygens (including phenoxy) is 1. The van der Waals surface area contributed by atoms with E-state index in [-0.39, 0.29) is 5.82 Å². The van der Waals surface area contributed by atoms with Gasteiger partial charge in [0.15, 0.2) is 6.61 Å². The van der Waals surface area contributed by atoms with Crippen molar-refractivity contribution >= 4 is 11.9 Å². The Balaban J connectivity index is 2.14. The van der Waals surface area contributed by atoms with Gasteiger partial charge in [0.25, 0.3) is 5.91 Å². The van der Waals surface area contributed by atoms with Gasteiger partial charge in [0, 0.05) is 12.5 Å². The third-order valence-electron chi connectivity index (χ3n) is 3.51. The number of hydrogen-bond donors (Lipinski definition) is 0. The van der Waals surface area contributed by atoms with E-state index in [1.807, 2.05) is 0 Å². The fourth-order valence-corrected chi connectivity index (χ4v) is 2.20. The minimum atomic E-state index is -4.72. The van der Waals surface area contributed by atoms with Gasteiger partial charge in [-0.05, 0) is 12.5 Å². The van der Waals surface area contributed by atoms with Crippen molar-refractivity contribution in [2.24, 2.45) is 0 Å². The smallest absolute Gasteiger partial charge is 0.456 e. The predicted molar refractivity (Wildman–Crippen MR) is 83.6 cm³/mol. The Kier molecular flexibility index (Phi) is 6.16. The molecule has 1 unspecified atom stereocenters. The van der Waals surface area contributed by atoms with Gasteiger partial charge in [0.1, 0.15) is 0 Å². The molecule has 1 aromatic carbocycles. The maximum Gasteiger partial charge on any atom is 0.471 e. The zero-order valence-electron chi connectivity index (χ0n) is 14.6. The Hall–Kier alpha value is -2.95. The number of carbonyl (C=O) groups excluding carboxylic acids is 2. The van der Waals surface area contributed by atoms with Crippen molar-refractivity contribution in [2.75, 3.05) is 13.7 Å². The highest BCUT2D eigenvalue weighted by Gasteiger charge is 2.38. The molecule has 1 heterocycles. The molecule has 0 aliphatic rings. The number of hydrogen-bond acceptors (Lipinski definition) is 7. The number of benzene rings is 1. The molecule has 27 heavy (non-hydrogen) atoms. The average Bonchev–Trinajstić information content (AvgIpc) is 3.11. The van der Waals surface area contributed by atoms with Crippen LogP contribution < -0.4 is 0 Å². The van der Waals surface area contributed by atoms with E-state index in [1.165, 1.54) is 26.2 Å². The molecule has 1 amide bonds. The van der Waals surface area contributed by atoms with Crippen LogP contribution in [-0.2, 0) is 25.3 Å². The highest BCUT2D eigenvalue weighted by atomic mass is 19.4. The van der Waals surface area contributed by atoms with Crippen LogP contribution in [0.15, 0.2) is 28.8 Å². The second kappa shape index (κ2) is 8.16. The van der Waals surface area contributed by atoms with Crippen LogP contribution >= 0.6 is 0 Å². The van der Waals surface area contributed by atoms with Gasteiger partial charge in [0.2, 0.25) is 5.82 Å². The molecule has 0 radical (unpaired) electrons. The van der Waals surface area contributed by atoms with Crippen molar-refractivity contribution in [3.8, 4) is 11.4 Å². The normalized spacial score (nSPS) is 12.5. The molecule has 0 aliphatic carbocycles. The molecule has 146 valence electrons. The number of carbonyl (C=O) groups is 2. The van der Waals surface area contributed by atoms with E-state index < -0.39 is 36.6 Å². The first-order valence-corrected chi connectivity index (χ1v) is 7.64. The van der Waals surface area contributed by atoms with Gasteiger partial charge in [-0.15, -0.1) is 0 Å². The summed E-state index contributed by atoms with van der Waals surface area (Å²) < 4.78 is 46.4. The van der Waals surface area contributed by atoms with E-state index in [4.69, 9.17) is 4.84 Å². The third kappa shape index (κ3) is 5.03. The summed E-state index contributed by atoms with van der Waals surface area (Å²) >= 11 is 0. The van der Waals surface area contributed by atoms with Crippen molar-refractivity contribution in [3.63, 3.8) is 0 Å². The Morgan fingerprint density at radius 3 is 2.37 bits per heavy atom. The summed E-state index contributed by atoms with van der Waals surface area (Å²) in [5.41, 5.74) is 0.928. The Labute approximate surface area is 151 Å². The summed E-state index contributed by atoms with van der Waals surface area (Å²) in [7, 11) is 1.29. The maximum absolute atomic E-state index is 12.5. The summed E-state index contributed by atoms with van der Waals surface area (Å²) in [5.74, 6) is -2.82. The highest BCUT2D eigenvalue weighted by molar-refractivity contribution is 5.79. The van der Waals surface area contributed by atoms with E-state index in [9.17, 15) is 22.8 Å². The van der Waals surface area contributed by atoms with Crippen molar-refractivity contribution < 1.29 is 36.9 Å². The maximum atomic E-state index is 12.5. The molecule has 8 nitrogen and oxygen atoms in total. The van der Waals surface area contributed by atoms with Crippen molar-refractivity contribution in [1.29, 1.82) is 0 Å². The van der Waals surface area contributed by atoms with E-state index in [2.05, 4.69) is 19.4 Å². The molecule has 0 N–H and O–H groups in total. The van der Waals surface area contributed by atoms with E-state index in [0.29, 0.717) is 11.1 Å². The minimum absolute atomic E-state index is 0.212. The second-order valence-corrected chi connectivity index (χ2v) is 5.40. The summed E-state index contributed by atoms with van der Waals surface area (Å²) in [6, 6.07) is 5.58. The molecule has 2 rings (SSSR count). The van der Waals surface area contributed by atoms with Gasteiger partial charge in [0.05, 0.1) is 13.2 Å². The molecular formula is C16H16F3N3O5. The molecule has 11 heteroatoms. The zero-order valence-corrected chi connectivity index (χ0v) is 14.6. The molecule has 1 atom stereocenters. The SMILES string of the molecule is CON(C(=O)COC(C)=O)C(C)c1ccc(-c2noc(C(F)(F)F)n2)cc1. The average molecular weight is 387 g/mol. The Morgan fingerprint density at radius 2 is 1.89 bits per heavy atom. The lowest BCUT2D eigenvalue weighted by atomic mass is 10.1. The monoisotopic (exact) mass is 387 g/mol. The number of alkyl halides is 3. The van der Waals surface area contributed by atoms with E-state index in [0.717, 1.165) is 5.06 Å². The van der Waals surface area contributed by atoms with Crippen LogP contribution in [0.4, 0.5) is 13.2 Å². The van der Waals surface area contributed by atoms with Crippen molar-refractivity contribution in [2.45, 2.75) is 26.1 Å². The predicted octanol–water partition coefficient (Wildman–Crippen LogP) is 2.77. The standard InChI is InChI=1S/C16H16F3N3O5/c1-9(22(25-3)13(24)8-26-10(2)23)11-4-6-12(7-5-11)14-20-15(27-21-14)16(17,18)19/h4-7,9H,8H2,1-3H3. The van der Waals surface area contributed by atoms with Gasteiger partial charge in [-0.1, -0.05) is 29.4 Å². The van der Waals surface area contributed by atoms with E-state index >= 15 is 0 Å². The number of halogens is 3. The lowest BCUT2D eigenvalue weighted by Gasteiger charge is -2.26. The Morgan fingerprint density at radius 1 is 1.26 bits per heavy atom. The van der Waals surface area contributed by atoms with Crippen LogP contribution in [0.3, 0.4) is 0 Å². The number of rotatable bonds is 6. The highest BCUT2D eigenvalue weighted by Crippen LogP contribution is 2.30. The summed E-state index contributed by atoms with van der Waals surface area (Å²) in [4.78, 5) is 31.2. The zero-order chi connectivity index (χ0) is 20.2. The van der Waals surface area contributed by atoms with Crippen LogP contribution in [0.5, 0.6) is 0 Å². The largest absolute Gasteiger partial charge is 0.471 e. The molecule has 0 bridgehead atoms. The number of aromatic nitrogens is 2. The quantitative estimate of drug-likeness (QED) is 0.556. The molecule has 0 fully saturated rings. The topological polar surface area (TPSA) is 94.8 Å². The molecule has 0 spiro atoms. The van der Waals surface area contributed by atoms with Gasteiger partial charge in [-0.3, -0.25) is 14.4 Å². The minimum Gasteiger partial charge on any atom is -0.456 e. The van der Waals surface area contributed by atoms with Crippen molar-refractivity contribution in [3.05, 3.63) is 35.7 Å². The second-order valence-electron chi connectivity index (χ2n) is 5.40. The molecule has 2 aromatic rings. The first-order valence-electron chi connectivity index (χ1n) is 7.64. The Bertz CT molecular complexity index is 804. The van der Waals surface area contributed by atoms with Crippen LogP contribution in [-0.4, -0.2) is 40.8 Å². The molecule has 0 aliphatic heterocycles. The molecule has 0 saturated carbocycles. The van der Waals surface area contributed by atoms with Crippen LogP contribution in [0.2, 0.25) is 0 Å². The van der Waals surface area contributed by atoms with Gasteiger partial charge in [-0.2, -0.15) is 18.2 Å². The van der Waals surface area contributed by atoms with Gasteiger partial charge >= 0.3 is 18.0 Å². The van der Waals surface area contributed by atoms with Gasteiger partial charge < -0.3 is 9.26 Å². The number of amides is 1. The first-order chi connectivity index (χ1) is 12.6. The molecule has 1 aromatic heterocycles. The lowest BCUT2D eigenvalue weighted by Crippen LogP contribution is -2.35. The van der Waals surface area contributed by atoms with Crippen LogP contribution in [0, 0.1) is 0 Å². The number of nitrogens with zero attached hydrogens (tertiary/aromatic N) is 3. The summed E-state index contributed by atoms with van der Waals surface area (Å²) in [6.45, 7) is 2.36. The molecule has 0 saturated heterocycles. The number of hydroxylamine groups is 2. The molecular weight excluding hydrogens is 371 g/mol. The summed E-state index contributed by atoms with van der Waals surface area (Å²) in [5, 5.41) is 4.33. The van der Waals surface area contributed by atoms with Crippen LogP contribution in [0.25, 0.3) is 11.4 Å². The fourth-order valence-electron chi connectivity index (χ4n) is 2.20. The van der Waals surface area contributed by atoms with E-state index in [1.54, 1.807) is 19.1 Å². The van der Waals surface area contributed by atoms with Gasteiger partial charge in [-0.25, -0.2) is 5.06 Å². The summed E-state index contributed by atoms with van der Waals surface area (Å²) in [6.07, 6.45) is -4.72. The van der Waals surface area contributed by atoms with Crippen LogP contribution in [0.1, 0.15) is 31.3 Å². The third-order valence-corrected chi connectivity index (χ3v) is 3.51. The van der Waals surface area contributed by atoms with Crippen molar-refractivity contribution in [1.82, 2.24) is 15.2 Å². The number of esters is 1. The fraction of sp³-hybridized carbons (Fsp3) is 0.375. The lowest BCUT2D eigenvalue weighted by molar-refractivity contribution is -0.193. The first kappa shape index (κ1) is 20.4.